The highest BCUT2D eigenvalue weighted by Crippen LogP contribution is 2.07. The van der Waals surface area contributed by atoms with Crippen LogP contribution in [0.5, 0.6) is 0 Å². The largest absolute Gasteiger partial charge is 0.368 e. The fraction of sp³-hybridized carbons (Fsp3) is 0.444. The van der Waals surface area contributed by atoms with Gasteiger partial charge >= 0.3 is 0 Å². The highest BCUT2D eigenvalue weighted by atomic mass is 16.1. The first-order valence-corrected chi connectivity index (χ1v) is 4.41. The highest BCUT2D eigenvalue weighted by Gasteiger charge is 2.06. The summed E-state index contributed by atoms with van der Waals surface area (Å²) >= 11 is 0. The third-order valence-corrected chi connectivity index (χ3v) is 1.53. The van der Waals surface area contributed by atoms with Crippen molar-refractivity contribution >= 4 is 11.7 Å². The fourth-order valence-electron chi connectivity index (χ4n) is 1.06. The zero-order chi connectivity index (χ0) is 10.7. The number of primary amides is 1. The smallest absolute Gasteiger partial charge is 0.267 e. The van der Waals surface area contributed by atoms with Gasteiger partial charge in [-0.1, -0.05) is 0 Å². The molecule has 1 amide bonds. The van der Waals surface area contributed by atoms with E-state index in [1.807, 2.05) is 13.8 Å². The Labute approximate surface area is 82.7 Å². The Bertz CT molecular complexity index is 349. The average Bonchev–Trinajstić information content (AvgIpc) is 2.01. The zero-order valence-corrected chi connectivity index (χ0v) is 8.53. The van der Waals surface area contributed by atoms with Gasteiger partial charge in [0.2, 0.25) is 0 Å². The maximum atomic E-state index is 10.9. The van der Waals surface area contributed by atoms with Crippen LogP contribution in [0.15, 0.2) is 6.07 Å². The predicted octanol–water partition coefficient (Wildman–Crippen LogP) is 0.704. The molecular weight excluding hydrogens is 180 g/mol. The number of nitrogens with one attached hydrogen (secondary N) is 1. The van der Waals surface area contributed by atoms with Gasteiger partial charge in [0.1, 0.15) is 17.3 Å². The molecule has 0 atom stereocenters. The van der Waals surface area contributed by atoms with Gasteiger partial charge in [-0.05, 0) is 20.8 Å². The summed E-state index contributed by atoms with van der Waals surface area (Å²) in [7, 11) is 0. The molecule has 0 unspecified atom stereocenters. The number of anilines is 1. The first kappa shape index (κ1) is 10.4. The van der Waals surface area contributed by atoms with Crippen LogP contribution in [-0.2, 0) is 0 Å². The van der Waals surface area contributed by atoms with Crippen molar-refractivity contribution in [2.24, 2.45) is 5.73 Å². The number of aromatic nitrogens is 2. The molecular formula is C9H14N4O. The van der Waals surface area contributed by atoms with Crippen molar-refractivity contribution in [1.82, 2.24) is 9.97 Å². The molecule has 0 spiro atoms. The fourth-order valence-corrected chi connectivity index (χ4v) is 1.06. The molecule has 1 heterocycles. The van der Waals surface area contributed by atoms with E-state index in [2.05, 4.69) is 15.3 Å². The first-order valence-electron chi connectivity index (χ1n) is 4.41. The highest BCUT2D eigenvalue weighted by molar-refractivity contribution is 5.91. The number of nitrogens with zero attached hydrogens (tertiary/aromatic N) is 2. The van der Waals surface area contributed by atoms with Gasteiger partial charge in [-0.15, -0.1) is 0 Å². The minimum absolute atomic E-state index is 0.237. The number of amides is 1. The van der Waals surface area contributed by atoms with Gasteiger partial charge in [0, 0.05) is 12.1 Å². The Morgan fingerprint density at radius 2 is 2.14 bits per heavy atom. The number of carbonyl (C=O) groups is 1. The summed E-state index contributed by atoms with van der Waals surface area (Å²) in [6.45, 7) is 5.70. The summed E-state index contributed by atoms with van der Waals surface area (Å²) in [5.41, 5.74) is 5.36. The molecule has 5 heteroatoms. The van der Waals surface area contributed by atoms with E-state index >= 15 is 0 Å². The summed E-state index contributed by atoms with van der Waals surface area (Å²) in [5.74, 6) is 0.619. The van der Waals surface area contributed by atoms with Crippen molar-refractivity contribution in [1.29, 1.82) is 0 Å². The van der Waals surface area contributed by atoms with Crippen molar-refractivity contribution < 1.29 is 4.79 Å². The van der Waals surface area contributed by atoms with Crippen molar-refractivity contribution in [2.45, 2.75) is 26.8 Å². The van der Waals surface area contributed by atoms with Crippen LogP contribution in [-0.4, -0.2) is 21.9 Å². The standard InChI is InChI=1S/C9H14N4O/c1-5(2)11-8-4-7(9(10)14)12-6(3)13-8/h4-5H,1-3H3,(H2,10,14)(H,11,12,13). The molecule has 14 heavy (non-hydrogen) atoms. The summed E-state index contributed by atoms with van der Waals surface area (Å²) in [5, 5.41) is 3.08. The summed E-state index contributed by atoms with van der Waals surface area (Å²) < 4.78 is 0. The predicted molar refractivity (Wildman–Crippen MR) is 54.0 cm³/mol. The molecule has 0 saturated carbocycles. The van der Waals surface area contributed by atoms with Crippen LogP contribution in [0.4, 0.5) is 5.82 Å². The molecule has 1 aromatic heterocycles. The number of carbonyl (C=O) groups excluding carboxylic acids is 1. The lowest BCUT2D eigenvalue weighted by Crippen LogP contribution is -2.17. The SMILES string of the molecule is Cc1nc(NC(C)C)cc(C(N)=O)n1. The average molecular weight is 194 g/mol. The molecule has 1 rings (SSSR count). The molecule has 0 aliphatic carbocycles. The van der Waals surface area contributed by atoms with E-state index < -0.39 is 5.91 Å². The Balaban J connectivity index is 3.01. The van der Waals surface area contributed by atoms with Gasteiger partial charge in [-0.2, -0.15) is 0 Å². The Morgan fingerprint density at radius 1 is 1.50 bits per heavy atom. The number of hydrogen-bond acceptors (Lipinski definition) is 4. The van der Waals surface area contributed by atoms with Gasteiger partial charge < -0.3 is 11.1 Å². The van der Waals surface area contributed by atoms with E-state index in [1.165, 1.54) is 0 Å². The summed E-state index contributed by atoms with van der Waals surface area (Å²) in [4.78, 5) is 18.9. The Hall–Kier alpha value is -1.65. The molecule has 3 N–H and O–H groups in total. The maximum Gasteiger partial charge on any atom is 0.267 e. The van der Waals surface area contributed by atoms with Gasteiger partial charge in [-0.25, -0.2) is 9.97 Å². The zero-order valence-electron chi connectivity index (χ0n) is 8.53. The van der Waals surface area contributed by atoms with E-state index in [-0.39, 0.29) is 11.7 Å². The van der Waals surface area contributed by atoms with Crippen molar-refractivity contribution in [2.75, 3.05) is 5.32 Å². The van der Waals surface area contributed by atoms with Gasteiger partial charge in [-0.3, -0.25) is 4.79 Å². The van der Waals surface area contributed by atoms with E-state index in [4.69, 9.17) is 5.73 Å². The van der Waals surface area contributed by atoms with Gasteiger partial charge in [0.15, 0.2) is 0 Å². The minimum Gasteiger partial charge on any atom is -0.368 e. The molecule has 0 saturated heterocycles. The van der Waals surface area contributed by atoms with E-state index in [1.54, 1.807) is 13.0 Å². The number of aryl methyl sites for hydroxylation is 1. The van der Waals surface area contributed by atoms with Crippen LogP contribution >= 0.6 is 0 Å². The molecule has 0 bridgehead atoms. The molecule has 1 aromatic rings. The Kier molecular flexibility index (Phi) is 3.01. The maximum absolute atomic E-state index is 10.9. The molecule has 0 fully saturated rings. The summed E-state index contributed by atoms with van der Waals surface area (Å²) in [6, 6.07) is 1.81. The van der Waals surface area contributed by atoms with Crippen LogP contribution in [0, 0.1) is 6.92 Å². The second-order valence-corrected chi connectivity index (χ2v) is 3.35. The lowest BCUT2D eigenvalue weighted by molar-refractivity contribution is 0.0995. The molecule has 0 aliphatic heterocycles. The molecule has 76 valence electrons. The van der Waals surface area contributed by atoms with Gasteiger partial charge in [0.05, 0.1) is 0 Å². The number of hydrogen-bond donors (Lipinski definition) is 2. The molecule has 0 aliphatic rings. The van der Waals surface area contributed by atoms with E-state index in [0.29, 0.717) is 11.6 Å². The minimum atomic E-state index is -0.540. The van der Waals surface area contributed by atoms with E-state index in [9.17, 15) is 4.79 Å². The first-order chi connectivity index (χ1) is 6.49. The van der Waals surface area contributed by atoms with Crippen LogP contribution in [0.3, 0.4) is 0 Å². The number of rotatable bonds is 3. The molecule has 5 nitrogen and oxygen atoms in total. The van der Waals surface area contributed by atoms with E-state index in [0.717, 1.165) is 0 Å². The quantitative estimate of drug-likeness (QED) is 0.742. The van der Waals surface area contributed by atoms with Crippen LogP contribution in [0.1, 0.15) is 30.2 Å². The van der Waals surface area contributed by atoms with Crippen molar-refractivity contribution in [3.05, 3.63) is 17.6 Å². The second-order valence-electron chi connectivity index (χ2n) is 3.35. The van der Waals surface area contributed by atoms with Crippen LogP contribution in [0.25, 0.3) is 0 Å². The third-order valence-electron chi connectivity index (χ3n) is 1.53. The lowest BCUT2D eigenvalue weighted by atomic mass is 10.3. The summed E-state index contributed by atoms with van der Waals surface area (Å²) in [6.07, 6.45) is 0. The Morgan fingerprint density at radius 3 is 2.64 bits per heavy atom. The number of nitrogens with two attached hydrogens (primary N) is 1. The van der Waals surface area contributed by atoms with Crippen molar-refractivity contribution in [3.63, 3.8) is 0 Å². The molecule has 0 radical (unpaired) electrons. The topological polar surface area (TPSA) is 80.9 Å². The van der Waals surface area contributed by atoms with Crippen LogP contribution in [0.2, 0.25) is 0 Å². The van der Waals surface area contributed by atoms with Gasteiger partial charge in [0.25, 0.3) is 5.91 Å². The molecule has 0 aromatic carbocycles. The normalized spacial score (nSPS) is 10.3. The van der Waals surface area contributed by atoms with Crippen LogP contribution < -0.4 is 11.1 Å². The van der Waals surface area contributed by atoms with Crippen molar-refractivity contribution in [3.8, 4) is 0 Å². The third kappa shape index (κ3) is 2.69. The lowest BCUT2D eigenvalue weighted by Gasteiger charge is -2.09. The monoisotopic (exact) mass is 194 g/mol. The second kappa shape index (κ2) is 4.04.